The molecular formula is C20H32N6O2. The summed E-state index contributed by atoms with van der Waals surface area (Å²) in [4.78, 5) is 4.63. The van der Waals surface area contributed by atoms with Crippen LogP contribution in [0.4, 0.5) is 0 Å². The van der Waals surface area contributed by atoms with Gasteiger partial charge in [0.05, 0.1) is 6.61 Å². The van der Waals surface area contributed by atoms with Crippen LogP contribution < -0.4 is 15.4 Å². The van der Waals surface area contributed by atoms with E-state index in [9.17, 15) is 0 Å². The van der Waals surface area contributed by atoms with E-state index in [4.69, 9.17) is 9.47 Å². The molecule has 0 bridgehead atoms. The number of hydrogen-bond acceptors (Lipinski definition) is 5. The van der Waals surface area contributed by atoms with Gasteiger partial charge < -0.3 is 24.7 Å². The Morgan fingerprint density at radius 1 is 1.07 bits per heavy atom. The zero-order valence-electron chi connectivity index (χ0n) is 17.1. The molecule has 0 aliphatic heterocycles. The molecule has 0 radical (unpaired) electrons. The summed E-state index contributed by atoms with van der Waals surface area (Å²) in [6.07, 6.45) is 1.80. The van der Waals surface area contributed by atoms with Crippen LogP contribution >= 0.6 is 0 Å². The number of para-hydroxylation sites is 1. The van der Waals surface area contributed by atoms with Crippen LogP contribution in [0.3, 0.4) is 0 Å². The molecule has 8 heteroatoms. The lowest BCUT2D eigenvalue weighted by atomic mass is 10.3. The average molecular weight is 389 g/mol. The van der Waals surface area contributed by atoms with Gasteiger partial charge in [-0.25, -0.2) is 4.99 Å². The number of rotatable bonds is 12. The molecule has 28 heavy (non-hydrogen) atoms. The van der Waals surface area contributed by atoms with E-state index >= 15 is 0 Å². The van der Waals surface area contributed by atoms with Gasteiger partial charge in [-0.3, -0.25) is 0 Å². The molecule has 2 aromatic rings. The third-order valence-corrected chi connectivity index (χ3v) is 4.15. The van der Waals surface area contributed by atoms with Gasteiger partial charge in [-0.15, -0.1) is 10.2 Å². The first kappa shape index (κ1) is 21.7. The largest absolute Gasteiger partial charge is 0.494 e. The molecule has 1 aromatic carbocycles. The van der Waals surface area contributed by atoms with Crippen LogP contribution in [0.2, 0.25) is 0 Å². The Morgan fingerprint density at radius 3 is 2.43 bits per heavy atom. The maximum Gasteiger partial charge on any atom is 0.191 e. The summed E-state index contributed by atoms with van der Waals surface area (Å²) in [6, 6.07) is 9.84. The Balaban J connectivity index is 1.77. The Labute approximate surface area is 167 Å². The number of hydrogen-bond donors (Lipinski definition) is 2. The second kappa shape index (κ2) is 12.7. The molecular weight excluding hydrogens is 356 g/mol. The molecule has 1 heterocycles. The predicted octanol–water partition coefficient (Wildman–Crippen LogP) is 2.05. The van der Waals surface area contributed by atoms with E-state index < -0.39 is 0 Å². The minimum atomic E-state index is 0.471. The van der Waals surface area contributed by atoms with Crippen molar-refractivity contribution >= 4 is 5.96 Å². The molecule has 1 aromatic heterocycles. The number of aromatic nitrogens is 3. The third kappa shape index (κ3) is 7.96. The Morgan fingerprint density at radius 2 is 1.79 bits per heavy atom. The molecule has 0 spiro atoms. The van der Waals surface area contributed by atoms with Gasteiger partial charge in [0.1, 0.15) is 18.1 Å². The van der Waals surface area contributed by atoms with Gasteiger partial charge in [0.15, 0.2) is 11.8 Å². The van der Waals surface area contributed by atoms with E-state index in [1.807, 2.05) is 55.8 Å². The molecule has 0 aliphatic rings. The molecule has 0 aliphatic carbocycles. The number of guanidine groups is 1. The first-order chi connectivity index (χ1) is 13.7. The summed E-state index contributed by atoms with van der Waals surface area (Å²) in [5.74, 6) is 3.36. The fourth-order valence-electron chi connectivity index (χ4n) is 2.42. The van der Waals surface area contributed by atoms with Crippen molar-refractivity contribution in [3.8, 4) is 5.75 Å². The second-order valence-electron chi connectivity index (χ2n) is 6.31. The van der Waals surface area contributed by atoms with Gasteiger partial charge in [0.25, 0.3) is 0 Å². The highest BCUT2D eigenvalue weighted by Crippen LogP contribution is 2.08. The summed E-state index contributed by atoms with van der Waals surface area (Å²) in [5, 5.41) is 14.9. The van der Waals surface area contributed by atoms with Gasteiger partial charge in [-0.1, -0.05) is 18.2 Å². The van der Waals surface area contributed by atoms with E-state index in [2.05, 4.69) is 25.8 Å². The van der Waals surface area contributed by atoms with Crippen LogP contribution in [-0.4, -0.2) is 53.6 Å². The monoisotopic (exact) mass is 388 g/mol. The van der Waals surface area contributed by atoms with Gasteiger partial charge in [-0.2, -0.15) is 0 Å². The van der Waals surface area contributed by atoms with Crippen molar-refractivity contribution in [3.05, 3.63) is 42.0 Å². The van der Waals surface area contributed by atoms with Crippen molar-refractivity contribution in [1.29, 1.82) is 0 Å². The van der Waals surface area contributed by atoms with Gasteiger partial charge in [-0.05, 0) is 38.8 Å². The Kier molecular flexibility index (Phi) is 9.85. The number of aryl methyl sites for hydroxylation is 1. The molecule has 0 amide bonds. The lowest BCUT2D eigenvalue weighted by Gasteiger charge is -2.13. The molecule has 0 fully saturated rings. The fourth-order valence-corrected chi connectivity index (χ4v) is 2.42. The standard InChI is InChI=1S/C20H32N6O2/c1-4-27-14-8-12-21-20(23-16-19-25-24-17(2)26(19)3)22-13-9-15-28-18-10-6-5-7-11-18/h5-7,10-11H,4,8-9,12-16H2,1-3H3,(H2,21,22,23). The van der Waals surface area contributed by atoms with Crippen LogP contribution in [-0.2, 0) is 18.3 Å². The molecule has 2 rings (SSSR count). The van der Waals surface area contributed by atoms with E-state index in [-0.39, 0.29) is 0 Å². The summed E-state index contributed by atoms with van der Waals surface area (Å²) in [6.45, 7) is 8.10. The third-order valence-electron chi connectivity index (χ3n) is 4.15. The zero-order valence-corrected chi connectivity index (χ0v) is 17.1. The van der Waals surface area contributed by atoms with Gasteiger partial charge in [0, 0.05) is 33.4 Å². The van der Waals surface area contributed by atoms with Crippen molar-refractivity contribution in [1.82, 2.24) is 25.4 Å². The van der Waals surface area contributed by atoms with Crippen molar-refractivity contribution in [2.24, 2.45) is 12.0 Å². The maximum absolute atomic E-state index is 5.72. The highest BCUT2D eigenvalue weighted by Gasteiger charge is 2.05. The van der Waals surface area contributed by atoms with Gasteiger partial charge in [0.2, 0.25) is 0 Å². The maximum atomic E-state index is 5.72. The van der Waals surface area contributed by atoms with E-state index in [0.717, 1.165) is 62.5 Å². The molecule has 8 nitrogen and oxygen atoms in total. The van der Waals surface area contributed by atoms with E-state index in [1.165, 1.54) is 0 Å². The number of aliphatic imine (C=N–C) groups is 1. The SMILES string of the molecule is CCOCCCNC(=NCc1nnc(C)n1C)NCCCOc1ccccc1. The fraction of sp³-hybridized carbons (Fsp3) is 0.550. The summed E-state index contributed by atoms with van der Waals surface area (Å²) in [7, 11) is 1.95. The van der Waals surface area contributed by atoms with Crippen molar-refractivity contribution in [3.63, 3.8) is 0 Å². The number of nitrogens with zero attached hydrogens (tertiary/aromatic N) is 4. The number of ether oxygens (including phenoxy) is 2. The first-order valence-electron chi connectivity index (χ1n) is 9.83. The van der Waals surface area contributed by atoms with Crippen LogP contribution in [0.1, 0.15) is 31.4 Å². The smallest absolute Gasteiger partial charge is 0.191 e. The minimum absolute atomic E-state index is 0.471. The minimum Gasteiger partial charge on any atom is -0.494 e. The lowest BCUT2D eigenvalue weighted by Crippen LogP contribution is -2.39. The van der Waals surface area contributed by atoms with Crippen LogP contribution in [0.25, 0.3) is 0 Å². The van der Waals surface area contributed by atoms with Crippen molar-refractivity contribution in [2.75, 3.05) is 32.9 Å². The summed E-state index contributed by atoms with van der Waals surface area (Å²) < 4.78 is 13.1. The number of nitrogens with one attached hydrogen (secondary N) is 2. The van der Waals surface area contributed by atoms with Gasteiger partial charge >= 0.3 is 0 Å². The Hall–Kier alpha value is -2.61. The normalized spacial score (nSPS) is 11.5. The molecule has 2 N–H and O–H groups in total. The molecule has 0 unspecified atom stereocenters. The average Bonchev–Trinajstić information content (AvgIpc) is 3.04. The molecule has 0 saturated carbocycles. The lowest BCUT2D eigenvalue weighted by molar-refractivity contribution is 0.145. The summed E-state index contributed by atoms with van der Waals surface area (Å²) >= 11 is 0. The number of benzene rings is 1. The second-order valence-corrected chi connectivity index (χ2v) is 6.31. The van der Waals surface area contributed by atoms with Crippen LogP contribution in [0.5, 0.6) is 5.75 Å². The topological polar surface area (TPSA) is 85.6 Å². The molecule has 0 atom stereocenters. The van der Waals surface area contributed by atoms with Crippen LogP contribution in [0.15, 0.2) is 35.3 Å². The highest BCUT2D eigenvalue weighted by molar-refractivity contribution is 5.79. The van der Waals surface area contributed by atoms with Crippen molar-refractivity contribution in [2.45, 2.75) is 33.2 Å². The predicted molar refractivity (Wildman–Crippen MR) is 111 cm³/mol. The molecule has 0 saturated heterocycles. The van der Waals surface area contributed by atoms with E-state index in [1.54, 1.807) is 0 Å². The Bertz CT molecular complexity index is 702. The van der Waals surface area contributed by atoms with Crippen molar-refractivity contribution < 1.29 is 9.47 Å². The highest BCUT2D eigenvalue weighted by atomic mass is 16.5. The first-order valence-corrected chi connectivity index (χ1v) is 9.83. The zero-order chi connectivity index (χ0) is 20.0. The van der Waals surface area contributed by atoms with E-state index in [0.29, 0.717) is 13.2 Å². The summed E-state index contributed by atoms with van der Waals surface area (Å²) in [5.41, 5.74) is 0. The van der Waals surface area contributed by atoms with Crippen LogP contribution in [0, 0.1) is 6.92 Å². The molecule has 154 valence electrons. The quantitative estimate of drug-likeness (QED) is 0.329.